The Hall–Kier alpha value is -2.43. The zero-order chi connectivity index (χ0) is 15.4. The first-order valence-corrected chi connectivity index (χ1v) is 7.24. The molecule has 0 aliphatic rings. The number of hydrogen-bond acceptors (Lipinski definition) is 4. The van der Waals surface area contributed by atoms with E-state index in [1.165, 1.54) is 0 Å². The van der Waals surface area contributed by atoms with Crippen molar-refractivity contribution in [3.8, 4) is 0 Å². The molecule has 112 valence electrons. The largest absolute Gasteiger partial charge is 0.373 e. The second-order valence-corrected chi connectivity index (χ2v) is 5.16. The van der Waals surface area contributed by atoms with Crippen molar-refractivity contribution in [2.45, 2.75) is 12.0 Å². The van der Waals surface area contributed by atoms with Gasteiger partial charge in [-0.05, 0) is 17.7 Å². The molecule has 0 unspecified atom stereocenters. The van der Waals surface area contributed by atoms with Gasteiger partial charge < -0.3 is 15.4 Å². The minimum atomic E-state index is -1.37. The van der Waals surface area contributed by atoms with Crippen LogP contribution < -0.4 is 5.73 Å². The fourth-order valence-corrected chi connectivity index (χ4v) is 2.56. The van der Waals surface area contributed by atoms with Gasteiger partial charge in [0.2, 0.25) is 0 Å². The van der Waals surface area contributed by atoms with Crippen molar-refractivity contribution in [1.82, 2.24) is 5.16 Å². The van der Waals surface area contributed by atoms with Gasteiger partial charge in [-0.2, -0.15) is 0 Å². The van der Waals surface area contributed by atoms with Crippen molar-refractivity contribution in [2.24, 2.45) is 5.73 Å². The molecule has 0 aliphatic heterocycles. The lowest BCUT2D eigenvalue weighted by atomic mass is 9.84. The van der Waals surface area contributed by atoms with E-state index < -0.39 is 5.60 Å². The third-order valence-corrected chi connectivity index (χ3v) is 3.70. The molecule has 3 N–H and O–H groups in total. The monoisotopic (exact) mass is 294 g/mol. The van der Waals surface area contributed by atoms with Gasteiger partial charge in [0.15, 0.2) is 11.4 Å². The van der Waals surface area contributed by atoms with Crippen molar-refractivity contribution in [3.05, 3.63) is 89.3 Å². The van der Waals surface area contributed by atoms with Crippen LogP contribution in [0.2, 0.25) is 0 Å². The Morgan fingerprint density at radius 1 is 0.955 bits per heavy atom. The molecule has 1 heterocycles. The van der Waals surface area contributed by atoms with Crippen molar-refractivity contribution < 1.29 is 9.63 Å². The summed E-state index contributed by atoms with van der Waals surface area (Å²) >= 11 is 0. The van der Waals surface area contributed by atoms with Crippen LogP contribution in [0.15, 0.2) is 71.3 Å². The Labute approximate surface area is 129 Å². The molecular formula is C18H18N2O2. The number of nitrogens with zero attached hydrogens (tertiary/aromatic N) is 1. The third-order valence-electron chi connectivity index (χ3n) is 3.70. The highest BCUT2D eigenvalue weighted by molar-refractivity contribution is 5.43. The number of nitrogens with two attached hydrogens (primary N) is 1. The van der Waals surface area contributed by atoms with Gasteiger partial charge in [0.1, 0.15) is 0 Å². The van der Waals surface area contributed by atoms with Crippen molar-refractivity contribution in [2.75, 3.05) is 6.54 Å². The quantitative estimate of drug-likeness (QED) is 0.758. The molecule has 0 aliphatic carbocycles. The van der Waals surface area contributed by atoms with E-state index in [0.717, 1.165) is 16.8 Å². The van der Waals surface area contributed by atoms with E-state index in [9.17, 15) is 5.11 Å². The number of hydrogen-bond donors (Lipinski definition) is 2. The van der Waals surface area contributed by atoms with Gasteiger partial charge in [-0.1, -0.05) is 65.8 Å². The Balaban J connectivity index is 2.14. The summed E-state index contributed by atoms with van der Waals surface area (Å²) in [5, 5.41) is 15.4. The van der Waals surface area contributed by atoms with Gasteiger partial charge >= 0.3 is 0 Å². The summed E-state index contributed by atoms with van der Waals surface area (Å²) < 4.78 is 5.44. The van der Waals surface area contributed by atoms with E-state index in [4.69, 9.17) is 10.3 Å². The Bertz CT molecular complexity index is 684. The first-order valence-electron chi connectivity index (χ1n) is 7.24. The third kappa shape index (κ3) is 2.54. The van der Waals surface area contributed by atoms with Crippen molar-refractivity contribution >= 4 is 0 Å². The van der Waals surface area contributed by atoms with Gasteiger partial charge in [-0.15, -0.1) is 0 Å². The molecule has 4 heteroatoms. The number of aliphatic hydroxyl groups is 1. The van der Waals surface area contributed by atoms with Crippen molar-refractivity contribution in [1.29, 1.82) is 0 Å². The predicted molar refractivity (Wildman–Crippen MR) is 84.2 cm³/mol. The van der Waals surface area contributed by atoms with Gasteiger partial charge in [0.05, 0.1) is 5.69 Å². The molecule has 0 saturated carbocycles. The summed E-state index contributed by atoms with van der Waals surface area (Å²) in [5.74, 6) is 0.397. The van der Waals surface area contributed by atoms with E-state index in [1.54, 1.807) is 6.07 Å². The summed E-state index contributed by atoms with van der Waals surface area (Å²) in [5.41, 5.74) is 6.39. The minimum absolute atomic E-state index is 0.397. The van der Waals surface area contributed by atoms with E-state index in [2.05, 4.69) is 5.16 Å². The topological polar surface area (TPSA) is 72.3 Å². The number of aromatic nitrogens is 1. The molecule has 0 spiro atoms. The first-order chi connectivity index (χ1) is 10.7. The van der Waals surface area contributed by atoms with E-state index in [0.29, 0.717) is 18.7 Å². The summed E-state index contributed by atoms with van der Waals surface area (Å²) in [6.45, 7) is 0.487. The van der Waals surface area contributed by atoms with E-state index in [1.807, 2.05) is 60.7 Å². The Morgan fingerprint density at radius 2 is 1.50 bits per heavy atom. The lowest BCUT2D eigenvalue weighted by Gasteiger charge is -2.26. The Kier molecular flexibility index (Phi) is 4.04. The number of rotatable bonds is 5. The average Bonchev–Trinajstić information content (AvgIpc) is 3.05. The molecule has 22 heavy (non-hydrogen) atoms. The molecule has 1 aromatic heterocycles. The fraction of sp³-hybridized carbons (Fsp3) is 0.167. The lowest BCUT2D eigenvalue weighted by molar-refractivity contribution is 0.0907. The molecule has 0 atom stereocenters. The van der Waals surface area contributed by atoms with Crippen LogP contribution in [-0.4, -0.2) is 16.8 Å². The second kappa shape index (κ2) is 6.13. The zero-order valence-electron chi connectivity index (χ0n) is 12.1. The molecule has 0 fully saturated rings. The van der Waals surface area contributed by atoms with Gasteiger partial charge in [0.25, 0.3) is 0 Å². The van der Waals surface area contributed by atoms with Crippen LogP contribution in [0.4, 0.5) is 0 Å². The molecule has 0 radical (unpaired) electrons. The zero-order valence-corrected chi connectivity index (χ0v) is 12.1. The molecule has 0 saturated heterocycles. The van der Waals surface area contributed by atoms with Gasteiger partial charge in [0, 0.05) is 12.5 Å². The molecule has 0 amide bonds. The highest BCUT2D eigenvalue weighted by Crippen LogP contribution is 2.36. The van der Waals surface area contributed by atoms with Crippen LogP contribution in [0.5, 0.6) is 0 Å². The lowest BCUT2D eigenvalue weighted by Crippen LogP contribution is -2.28. The van der Waals surface area contributed by atoms with Gasteiger partial charge in [-0.3, -0.25) is 0 Å². The SMILES string of the molecule is NCCc1cc(C(O)(c2ccccc2)c2ccccc2)on1. The average molecular weight is 294 g/mol. The van der Waals surface area contributed by atoms with Gasteiger partial charge in [-0.25, -0.2) is 0 Å². The van der Waals surface area contributed by atoms with Crippen LogP contribution in [0.3, 0.4) is 0 Å². The fourth-order valence-electron chi connectivity index (χ4n) is 2.56. The van der Waals surface area contributed by atoms with Crippen LogP contribution in [0.1, 0.15) is 22.6 Å². The Morgan fingerprint density at radius 3 is 2.00 bits per heavy atom. The summed E-state index contributed by atoms with van der Waals surface area (Å²) in [4.78, 5) is 0. The van der Waals surface area contributed by atoms with Crippen molar-refractivity contribution in [3.63, 3.8) is 0 Å². The molecule has 3 aromatic rings. The predicted octanol–water partition coefficient (Wildman–Crippen LogP) is 2.46. The molecule has 2 aromatic carbocycles. The maximum Gasteiger partial charge on any atom is 0.177 e. The standard InChI is InChI=1S/C18H18N2O2/c19-12-11-16-13-17(22-20-16)18(21,14-7-3-1-4-8-14)15-9-5-2-6-10-15/h1-10,13,21H,11-12,19H2. The molecule has 3 rings (SSSR count). The summed E-state index contributed by atoms with van der Waals surface area (Å²) in [7, 11) is 0. The first kappa shape index (κ1) is 14.5. The molecule has 4 nitrogen and oxygen atoms in total. The summed E-state index contributed by atoms with van der Waals surface area (Å²) in [6, 6.07) is 20.6. The van der Waals surface area contributed by atoms with Crippen LogP contribution in [0, 0.1) is 0 Å². The molecule has 0 bridgehead atoms. The van der Waals surface area contributed by atoms with Crippen LogP contribution in [-0.2, 0) is 12.0 Å². The second-order valence-electron chi connectivity index (χ2n) is 5.16. The maximum absolute atomic E-state index is 11.4. The smallest absolute Gasteiger partial charge is 0.177 e. The highest BCUT2D eigenvalue weighted by Gasteiger charge is 2.37. The maximum atomic E-state index is 11.4. The van der Waals surface area contributed by atoms with E-state index in [-0.39, 0.29) is 0 Å². The molecular weight excluding hydrogens is 276 g/mol. The minimum Gasteiger partial charge on any atom is -0.373 e. The summed E-state index contributed by atoms with van der Waals surface area (Å²) in [6.07, 6.45) is 0.614. The van der Waals surface area contributed by atoms with Crippen LogP contribution in [0.25, 0.3) is 0 Å². The van der Waals surface area contributed by atoms with Crippen LogP contribution >= 0.6 is 0 Å². The van der Waals surface area contributed by atoms with E-state index >= 15 is 0 Å². The highest BCUT2D eigenvalue weighted by atomic mass is 16.5. The normalized spacial score (nSPS) is 11.5. The number of benzene rings is 2.